The van der Waals surface area contributed by atoms with Gasteiger partial charge < -0.3 is 10.3 Å². The molecule has 0 amide bonds. The Labute approximate surface area is 83.3 Å². The molecule has 1 aromatic heterocycles. The molecule has 0 atom stereocenters. The zero-order valence-electron chi connectivity index (χ0n) is 7.78. The van der Waals surface area contributed by atoms with Crippen LogP contribution in [0.2, 0.25) is 0 Å². The van der Waals surface area contributed by atoms with Crippen LogP contribution >= 0.6 is 12.4 Å². The van der Waals surface area contributed by atoms with Crippen LogP contribution in [0.5, 0.6) is 0 Å². The molecule has 2 N–H and O–H groups in total. The molecule has 74 valence electrons. The van der Waals surface area contributed by atoms with Crippen LogP contribution in [0.3, 0.4) is 0 Å². The summed E-state index contributed by atoms with van der Waals surface area (Å²) < 4.78 is 5.07. The summed E-state index contributed by atoms with van der Waals surface area (Å²) in [6.07, 6.45) is 2.35. The summed E-state index contributed by atoms with van der Waals surface area (Å²) in [5, 5.41) is 3.84. The minimum absolute atomic E-state index is 0. The Kier molecular flexibility index (Phi) is 2.63. The van der Waals surface area contributed by atoms with E-state index in [0.717, 1.165) is 5.89 Å². The van der Waals surface area contributed by atoms with Crippen LogP contribution in [0.15, 0.2) is 4.52 Å². The Morgan fingerprint density at radius 2 is 2.08 bits per heavy atom. The minimum atomic E-state index is -0.489. The van der Waals surface area contributed by atoms with Gasteiger partial charge in [0.2, 0.25) is 5.89 Å². The first kappa shape index (κ1) is 10.5. The maximum Gasteiger partial charge on any atom is 0.229 e. The van der Waals surface area contributed by atoms with Crippen molar-refractivity contribution in [2.24, 2.45) is 5.73 Å². The Bertz CT molecular complexity index is 288. The fourth-order valence-electron chi connectivity index (χ4n) is 0.993. The van der Waals surface area contributed by atoms with E-state index in [1.54, 1.807) is 0 Å². The summed E-state index contributed by atoms with van der Waals surface area (Å²) in [5.74, 6) is 1.86. The maximum atomic E-state index is 5.81. The molecule has 0 radical (unpaired) electrons. The molecule has 4 nitrogen and oxygen atoms in total. The van der Waals surface area contributed by atoms with Gasteiger partial charge in [-0.1, -0.05) is 5.16 Å². The largest absolute Gasteiger partial charge is 0.339 e. The molecule has 1 fully saturated rings. The monoisotopic (exact) mass is 203 g/mol. The van der Waals surface area contributed by atoms with E-state index in [4.69, 9.17) is 10.3 Å². The van der Waals surface area contributed by atoms with Crippen LogP contribution in [0.4, 0.5) is 0 Å². The molecule has 1 aliphatic carbocycles. The number of nitrogens with zero attached hydrogens (tertiary/aromatic N) is 2. The third-order valence-corrected chi connectivity index (χ3v) is 1.94. The number of hydrogen-bond acceptors (Lipinski definition) is 4. The molecule has 1 heterocycles. The molecule has 0 bridgehead atoms. The van der Waals surface area contributed by atoms with Gasteiger partial charge >= 0.3 is 0 Å². The fraction of sp³-hybridized carbons (Fsp3) is 0.750. The highest BCUT2D eigenvalue weighted by Gasteiger charge is 2.31. The quantitative estimate of drug-likeness (QED) is 0.793. The van der Waals surface area contributed by atoms with E-state index in [2.05, 4.69) is 10.1 Å². The fourth-order valence-corrected chi connectivity index (χ4v) is 0.993. The van der Waals surface area contributed by atoms with E-state index in [-0.39, 0.29) is 12.4 Å². The zero-order valence-corrected chi connectivity index (χ0v) is 8.60. The predicted octanol–water partition coefficient (Wildman–Crippen LogP) is 1.56. The summed E-state index contributed by atoms with van der Waals surface area (Å²) in [4.78, 5) is 4.24. The molecule has 0 unspecified atom stereocenters. The molecule has 2 rings (SSSR count). The first-order valence-corrected chi connectivity index (χ1v) is 4.20. The molecule has 0 aromatic carbocycles. The van der Waals surface area contributed by atoms with Crippen LogP contribution in [0.25, 0.3) is 0 Å². The Morgan fingerprint density at radius 1 is 1.46 bits per heavy atom. The lowest BCUT2D eigenvalue weighted by Gasteiger charge is -2.11. The second-order valence-corrected chi connectivity index (χ2v) is 3.95. The number of halogens is 1. The van der Waals surface area contributed by atoms with Crippen molar-refractivity contribution in [1.82, 2.24) is 10.1 Å². The van der Waals surface area contributed by atoms with E-state index in [9.17, 15) is 0 Å². The smallest absolute Gasteiger partial charge is 0.229 e. The highest BCUT2D eigenvalue weighted by Crippen LogP contribution is 2.39. The summed E-state index contributed by atoms with van der Waals surface area (Å²) in [6.45, 7) is 3.74. The van der Waals surface area contributed by atoms with Gasteiger partial charge in [-0.25, -0.2) is 0 Å². The normalized spacial score (nSPS) is 16.8. The van der Waals surface area contributed by atoms with Gasteiger partial charge in [-0.2, -0.15) is 4.98 Å². The standard InChI is InChI=1S/C8H13N3O.ClH/c1-8(2,9)7-10-6(12-11-7)5-3-4-5;/h5H,3-4,9H2,1-2H3;1H. The lowest BCUT2D eigenvalue weighted by Crippen LogP contribution is -2.30. The molecule has 0 aliphatic heterocycles. The summed E-state index contributed by atoms with van der Waals surface area (Å²) in [6, 6.07) is 0. The van der Waals surface area contributed by atoms with Gasteiger partial charge in [0.15, 0.2) is 5.82 Å². The molecule has 1 saturated carbocycles. The topological polar surface area (TPSA) is 64.9 Å². The average Bonchev–Trinajstić information content (AvgIpc) is 2.66. The van der Waals surface area contributed by atoms with Crippen molar-refractivity contribution >= 4 is 12.4 Å². The van der Waals surface area contributed by atoms with Gasteiger partial charge in [0.05, 0.1) is 5.54 Å². The van der Waals surface area contributed by atoms with E-state index in [1.807, 2.05) is 13.8 Å². The van der Waals surface area contributed by atoms with Gasteiger partial charge in [-0.15, -0.1) is 12.4 Å². The number of hydrogen-bond donors (Lipinski definition) is 1. The second kappa shape index (κ2) is 3.27. The summed E-state index contributed by atoms with van der Waals surface area (Å²) in [5.41, 5.74) is 5.32. The van der Waals surface area contributed by atoms with Gasteiger partial charge in [-0.05, 0) is 26.7 Å². The molecule has 0 spiro atoms. The molecule has 0 saturated heterocycles. The molecular weight excluding hydrogens is 190 g/mol. The zero-order chi connectivity index (χ0) is 8.77. The number of aromatic nitrogens is 2. The molecule has 13 heavy (non-hydrogen) atoms. The van der Waals surface area contributed by atoms with Gasteiger partial charge in [0.1, 0.15) is 0 Å². The lowest BCUT2D eigenvalue weighted by molar-refractivity contribution is 0.361. The van der Waals surface area contributed by atoms with Gasteiger partial charge in [0, 0.05) is 5.92 Å². The first-order chi connectivity index (χ1) is 5.57. The van der Waals surface area contributed by atoms with Crippen molar-refractivity contribution in [2.45, 2.75) is 38.1 Å². The average molecular weight is 204 g/mol. The van der Waals surface area contributed by atoms with Gasteiger partial charge in [-0.3, -0.25) is 0 Å². The Morgan fingerprint density at radius 3 is 2.46 bits per heavy atom. The van der Waals surface area contributed by atoms with Crippen molar-refractivity contribution in [3.8, 4) is 0 Å². The number of nitrogens with two attached hydrogens (primary N) is 1. The lowest BCUT2D eigenvalue weighted by atomic mass is 10.1. The van der Waals surface area contributed by atoms with Crippen LogP contribution in [-0.4, -0.2) is 10.1 Å². The predicted molar refractivity (Wildman–Crippen MR) is 50.7 cm³/mol. The SMILES string of the molecule is CC(C)(N)c1noc(C2CC2)n1.Cl. The third-order valence-electron chi connectivity index (χ3n) is 1.94. The minimum Gasteiger partial charge on any atom is -0.339 e. The highest BCUT2D eigenvalue weighted by atomic mass is 35.5. The van der Waals surface area contributed by atoms with Crippen molar-refractivity contribution in [2.75, 3.05) is 0 Å². The van der Waals surface area contributed by atoms with Crippen molar-refractivity contribution in [1.29, 1.82) is 0 Å². The first-order valence-electron chi connectivity index (χ1n) is 4.20. The summed E-state index contributed by atoms with van der Waals surface area (Å²) >= 11 is 0. The van der Waals surface area contributed by atoms with Crippen LogP contribution in [-0.2, 0) is 5.54 Å². The Balaban J connectivity index is 0.000000845. The van der Waals surface area contributed by atoms with Crippen molar-refractivity contribution < 1.29 is 4.52 Å². The van der Waals surface area contributed by atoms with Crippen LogP contribution in [0.1, 0.15) is 44.3 Å². The van der Waals surface area contributed by atoms with Crippen LogP contribution in [0, 0.1) is 0 Å². The number of rotatable bonds is 2. The van der Waals surface area contributed by atoms with E-state index in [0.29, 0.717) is 11.7 Å². The Hall–Kier alpha value is -0.610. The van der Waals surface area contributed by atoms with Crippen molar-refractivity contribution in [3.05, 3.63) is 11.7 Å². The van der Waals surface area contributed by atoms with Crippen molar-refractivity contribution in [3.63, 3.8) is 0 Å². The van der Waals surface area contributed by atoms with Crippen LogP contribution < -0.4 is 5.73 Å². The van der Waals surface area contributed by atoms with Gasteiger partial charge in [0.25, 0.3) is 0 Å². The second-order valence-electron chi connectivity index (χ2n) is 3.95. The molecule has 1 aliphatic rings. The molecule has 1 aromatic rings. The van der Waals surface area contributed by atoms with E-state index in [1.165, 1.54) is 12.8 Å². The summed E-state index contributed by atoms with van der Waals surface area (Å²) in [7, 11) is 0. The third kappa shape index (κ3) is 2.19. The highest BCUT2D eigenvalue weighted by molar-refractivity contribution is 5.85. The van der Waals surface area contributed by atoms with E-state index >= 15 is 0 Å². The molecular formula is C8H14ClN3O. The maximum absolute atomic E-state index is 5.81. The molecule has 5 heteroatoms. The van der Waals surface area contributed by atoms with E-state index < -0.39 is 5.54 Å².